The maximum Gasteiger partial charge on any atom is 0.282 e. The number of rotatable bonds is 7. The van der Waals surface area contributed by atoms with Crippen molar-refractivity contribution in [3.8, 4) is 0 Å². The lowest BCUT2D eigenvalue weighted by molar-refractivity contribution is 0.177. The average molecular weight is 251 g/mol. The maximum absolute atomic E-state index is 12.2. The molecule has 16 heavy (non-hydrogen) atoms. The molecule has 0 amide bonds. The molecule has 0 aromatic rings. The van der Waals surface area contributed by atoms with Crippen molar-refractivity contribution in [3.63, 3.8) is 0 Å². The van der Waals surface area contributed by atoms with Gasteiger partial charge in [0.25, 0.3) is 10.2 Å². The topological polar surface area (TPSA) is 75.9 Å². The lowest BCUT2D eigenvalue weighted by Gasteiger charge is -2.26. The van der Waals surface area contributed by atoms with Crippen molar-refractivity contribution in [2.24, 2.45) is 5.73 Å². The van der Waals surface area contributed by atoms with E-state index in [0.717, 1.165) is 12.8 Å². The molecule has 0 spiro atoms. The van der Waals surface area contributed by atoms with E-state index in [0.29, 0.717) is 39.3 Å². The minimum absolute atomic E-state index is 0.330. The molecule has 96 valence electrons. The Morgan fingerprint density at radius 3 is 2.44 bits per heavy atom. The molecule has 0 aromatic carbocycles. The van der Waals surface area contributed by atoms with Crippen molar-refractivity contribution in [1.29, 1.82) is 0 Å². The van der Waals surface area contributed by atoms with E-state index >= 15 is 0 Å². The van der Waals surface area contributed by atoms with Gasteiger partial charge in [-0.2, -0.15) is 17.0 Å². The van der Waals surface area contributed by atoms with Gasteiger partial charge in [-0.1, -0.05) is 0 Å². The van der Waals surface area contributed by atoms with Crippen LogP contribution >= 0.6 is 0 Å². The van der Waals surface area contributed by atoms with E-state index in [2.05, 4.69) is 0 Å². The molecular weight excluding hydrogens is 230 g/mol. The van der Waals surface area contributed by atoms with Crippen LogP contribution in [0.5, 0.6) is 0 Å². The molecular formula is C9H21N3O3S. The third-order valence-electron chi connectivity index (χ3n) is 2.64. The van der Waals surface area contributed by atoms with Crippen molar-refractivity contribution in [1.82, 2.24) is 8.61 Å². The van der Waals surface area contributed by atoms with Crippen LogP contribution in [0.2, 0.25) is 0 Å². The zero-order valence-corrected chi connectivity index (χ0v) is 10.6. The lowest BCUT2D eigenvalue weighted by Crippen LogP contribution is -2.45. The van der Waals surface area contributed by atoms with Crippen molar-refractivity contribution in [3.05, 3.63) is 0 Å². The average Bonchev–Trinajstić information content (AvgIpc) is 2.77. The summed E-state index contributed by atoms with van der Waals surface area (Å²) in [5.74, 6) is 0. The van der Waals surface area contributed by atoms with E-state index in [1.807, 2.05) is 0 Å². The van der Waals surface area contributed by atoms with Gasteiger partial charge in [0.05, 0.1) is 6.61 Å². The van der Waals surface area contributed by atoms with Crippen molar-refractivity contribution >= 4 is 10.2 Å². The fourth-order valence-electron chi connectivity index (χ4n) is 1.76. The van der Waals surface area contributed by atoms with Gasteiger partial charge >= 0.3 is 0 Å². The molecule has 0 atom stereocenters. The van der Waals surface area contributed by atoms with E-state index in [1.165, 1.54) is 8.61 Å². The van der Waals surface area contributed by atoms with Gasteiger partial charge in [-0.15, -0.1) is 0 Å². The smallest absolute Gasteiger partial charge is 0.282 e. The standard InChI is InChI=1S/C9H21N3O3S/c1-15-9-8-12(7-4-10)16(13,14)11-5-2-3-6-11/h2-10H2,1H3. The maximum atomic E-state index is 12.2. The second-order valence-electron chi connectivity index (χ2n) is 3.79. The van der Waals surface area contributed by atoms with Crippen molar-refractivity contribution in [2.75, 3.05) is 46.4 Å². The predicted molar refractivity (Wildman–Crippen MR) is 62.2 cm³/mol. The van der Waals surface area contributed by atoms with E-state index in [1.54, 1.807) is 7.11 Å². The quantitative estimate of drug-likeness (QED) is 0.645. The van der Waals surface area contributed by atoms with E-state index in [9.17, 15) is 8.42 Å². The summed E-state index contributed by atoms with van der Waals surface area (Å²) in [6.45, 7) is 2.69. The van der Waals surface area contributed by atoms with Crippen LogP contribution in [0.15, 0.2) is 0 Å². The number of nitrogens with zero attached hydrogens (tertiary/aromatic N) is 2. The summed E-state index contributed by atoms with van der Waals surface area (Å²) in [5.41, 5.74) is 5.43. The van der Waals surface area contributed by atoms with Gasteiger partial charge in [-0.3, -0.25) is 0 Å². The molecule has 1 fully saturated rings. The lowest BCUT2D eigenvalue weighted by atomic mass is 10.4. The van der Waals surface area contributed by atoms with Crippen LogP contribution in [0.4, 0.5) is 0 Å². The predicted octanol–water partition coefficient (Wildman–Crippen LogP) is -0.766. The monoisotopic (exact) mass is 251 g/mol. The first-order valence-corrected chi connectivity index (χ1v) is 6.97. The molecule has 6 nitrogen and oxygen atoms in total. The van der Waals surface area contributed by atoms with Crippen LogP contribution in [0.1, 0.15) is 12.8 Å². The summed E-state index contributed by atoms with van der Waals surface area (Å²) >= 11 is 0. The second-order valence-corrected chi connectivity index (χ2v) is 5.72. The molecule has 0 bridgehead atoms. The highest BCUT2D eigenvalue weighted by Crippen LogP contribution is 2.15. The van der Waals surface area contributed by atoms with Crippen molar-refractivity contribution < 1.29 is 13.2 Å². The Morgan fingerprint density at radius 1 is 1.31 bits per heavy atom. The molecule has 7 heteroatoms. The van der Waals surface area contributed by atoms with E-state index in [-0.39, 0.29) is 0 Å². The molecule has 0 radical (unpaired) electrons. The molecule has 0 aliphatic carbocycles. The molecule has 0 unspecified atom stereocenters. The fraction of sp³-hybridized carbons (Fsp3) is 1.00. The van der Waals surface area contributed by atoms with Gasteiger partial charge in [0, 0.05) is 39.8 Å². The summed E-state index contributed by atoms with van der Waals surface area (Å²) in [7, 11) is -1.77. The zero-order chi connectivity index (χ0) is 12.0. The Labute approximate surface area is 97.5 Å². The Balaban J connectivity index is 2.66. The Hall–Kier alpha value is -0.210. The van der Waals surface area contributed by atoms with E-state index in [4.69, 9.17) is 10.5 Å². The number of hydrogen-bond donors (Lipinski definition) is 1. The molecule has 0 aromatic heterocycles. The minimum atomic E-state index is -3.33. The fourth-order valence-corrected chi connectivity index (χ4v) is 3.45. The Morgan fingerprint density at radius 2 is 1.94 bits per heavy atom. The molecule has 1 rings (SSSR count). The molecule has 1 heterocycles. The van der Waals surface area contributed by atoms with Gasteiger partial charge in [0.2, 0.25) is 0 Å². The van der Waals surface area contributed by atoms with Gasteiger partial charge in [0.15, 0.2) is 0 Å². The molecule has 2 N–H and O–H groups in total. The third kappa shape index (κ3) is 3.39. The first-order chi connectivity index (χ1) is 7.62. The Kier molecular flexibility index (Phi) is 5.63. The summed E-state index contributed by atoms with van der Waals surface area (Å²) in [4.78, 5) is 0. The van der Waals surface area contributed by atoms with Gasteiger partial charge in [-0.25, -0.2) is 0 Å². The number of methoxy groups -OCH3 is 1. The summed E-state index contributed by atoms with van der Waals surface area (Å²) < 4.78 is 32.2. The molecule has 1 aliphatic heterocycles. The number of ether oxygens (including phenoxy) is 1. The van der Waals surface area contributed by atoms with Crippen LogP contribution in [0.3, 0.4) is 0 Å². The van der Waals surface area contributed by atoms with Crippen LogP contribution in [-0.4, -0.2) is 63.5 Å². The van der Waals surface area contributed by atoms with Crippen LogP contribution < -0.4 is 5.73 Å². The number of nitrogens with two attached hydrogens (primary N) is 1. The second kappa shape index (κ2) is 6.51. The van der Waals surface area contributed by atoms with Gasteiger partial charge in [0.1, 0.15) is 0 Å². The highest BCUT2D eigenvalue weighted by atomic mass is 32.2. The van der Waals surface area contributed by atoms with Crippen LogP contribution in [0.25, 0.3) is 0 Å². The normalized spacial score (nSPS) is 18.4. The molecule has 1 aliphatic rings. The third-order valence-corrected chi connectivity index (χ3v) is 4.68. The van der Waals surface area contributed by atoms with Crippen LogP contribution in [0, 0.1) is 0 Å². The van der Waals surface area contributed by atoms with Crippen LogP contribution in [-0.2, 0) is 14.9 Å². The highest BCUT2D eigenvalue weighted by Gasteiger charge is 2.30. The molecule has 0 saturated carbocycles. The summed E-state index contributed by atoms with van der Waals surface area (Å²) in [5, 5.41) is 0. The molecule has 1 saturated heterocycles. The summed E-state index contributed by atoms with van der Waals surface area (Å²) in [6.07, 6.45) is 1.89. The SMILES string of the molecule is COCCN(CCN)S(=O)(=O)N1CCCC1. The Bertz CT molecular complexity index is 288. The van der Waals surface area contributed by atoms with Gasteiger partial charge in [-0.05, 0) is 12.8 Å². The first kappa shape index (κ1) is 13.9. The largest absolute Gasteiger partial charge is 0.383 e. The van der Waals surface area contributed by atoms with Crippen molar-refractivity contribution in [2.45, 2.75) is 12.8 Å². The van der Waals surface area contributed by atoms with E-state index < -0.39 is 10.2 Å². The minimum Gasteiger partial charge on any atom is -0.383 e. The zero-order valence-electron chi connectivity index (χ0n) is 9.76. The first-order valence-electron chi connectivity index (χ1n) is 5.57. The number of hydrogen-bond acceptors (Lipinski definition) is 4. The summed E-state index contributed by atoms with van der Waals surface area (Å²) in [6, 6.07) is 0. The highest BCUT2D eigenvalue weighted by molar-refractivity contribution is 7.86. The van der Waals surface area contributed by atoms with Gasteiger partial charge < -0.3 is 10.5 Å².